The van der Waals surface area contributed by atoms with Gasteiger partial charge in [0, 0.05) is 50.0 Å². The molecule has 1 aromatic carbocycles. The fraction of sp³-hybridized carbons (Fsp3) is 0.542. The summed E-state index contributed by atoms with van der Waals surface area (Å²) in [6.07, 6.45) is 9.19. The van der Waals surface area contributed by atoms with Crippen molar-refractivity contribution in [3.63, 3.8) is 0 Å². The summed E-state index contributed by atoms with van der Waals surface area (Å²) >= 11 is 0. The molecule has 8 heteroatoms. The molecule has 0 spiro atoms. The van der Waals surface area contributed by atoms with Crippen molar-refractivity contribution in [1.29, 1.82) is 0 Å². The van der Waals surface area contributed by atoms with E-state index in [1.807, 2.05) is 17.0 Å². The third-order valence-electron chi connectivity index (χ3n) is 6.38. The maximum absolute atomic E-state index is 12.2. The van der Waals surface area contributed by atoms with Crippen LogP contribution >= 0.6 is 0 Å². The van der Waals surface area contributed by atoms with Crippen LogP contribution in [0, 0.1) is 0 Å². The number of benzene rings is 1. The maximum atomic E-state index is 12.2. The molecule has 4 rings (SSSR count). The fourth-order valence-electron chi connectivity index (χ4n) is 4.42. The van der Waals surface area contributed by atoms with Crippen molar-refractivity contribution in [2.75, 3.05) is 47.4 Å². The number of aromatic nitrogens is 2. The summed E-state index contributed by atoms with van der Waals surface area (Å²) in [5, 5.41) is 6.74. The first-order chi connectivity index (χ1) is 15.6. The average Bonchev–Trinajstić information content (AvgIpc) is 3.33. The summed E-state index contributed by atoms with van der Waals surface area (Å²) in [6, 6.07) is 8.73. The molecule has 1 aliphatic carbocycles. The number of unbranched alkanes of at least 4 members (excludes halogenated alkanes) is 1. The highest BCUT2D eigenvalue weighted by Crippen LogP contribution is 2.26. The number of hydrogen-bond donors (Lipinski definition) is 3. The highest BCUT2D eigenvalue weighted by molar-refractivity contribution is 5.76. The number of nitrogens with zero attached hydrogens (tertiary/aromatic N) is 4. The number of nitrogens with two attached hydrogens (primary N) is 1. The summed E-state index contributed by atoms with van der Waals surface area (Å²) in [5.41, 5.74) is 8.74. The van der Waals surface area contributed by atoms with Gasteiger partial charge in [-0.25, -0.2) is 4.98 Å². The van der Waals surface area contributed by atoms with E-state index >= 15 is 0 Å². The normalized spacial score (nSPS) is 16.9. The Morgan fingerprint density at radius 2 is 1.84 bits per heavy atom. The average molecular weight is 438 g/mol. The van der Waals surface area contributed by atoms with Crippen molar-refractivity contribution >= 4 is 34.7 Å². The number of carbonyl (C=O) groups is 1. The minimum Gasteiger partial charge on any atom is -0.394 e. The van der Waals surface area contributed by atoms with Gasteiger partial charge in [-0.1, -0.05) is 26.2 Å². The van der Waals surface area contributed by atoms with E-state index in [1.165, 1.54) is 12.8 Å². The fourth-order valence-corrected chi connectivity index (χ4v) is 4.42. The molecule has 0 radical (unpaired) electrons. The van der Waals surface area contributed by atoms with E-state index in [0.717, 1.165) is 63.2 Å². The molecular formula is C24H35N7O. The van der Waals surface area contributed by atoms with E-state index < -0.39 is 0 Å². The summed E-state index contributed by atoms with van der Waals surface area (Å²) in [4.78, 5) is 25.5. The summed E-state index contributed by atoms with van der Waals surface area (Å²) < 4.78 is 0. The molecule has 1 saturated heterocycles. The predicted molar refractivity (Wildman–Crippen MR) is 130 cm³/mol. The van der Waals surface area contributed by atoms with Crippen LogP contribution in [0.1, 0.15) is 51.9 Å². The predicted octanol–water partition coefficient (Wildman–Crippen LogP) is 4.00. The summed E-state index contributed by atoms with van der Waals surface area (Å²) in [6.45, 7) is 5.43. The van der Waals surface area contributed by atoms with Gasteiger partial charge >= 0.3 is 0 Å². The Morgan fingerprint density at radius 1 is 1.12 bits per heavy atom. The molecule has 32 heavy (non-hydrogen) atoms. The molecule has 1 amide bonds. The molecule has 2 fully saturated rings. The Bertz CT molecular complexity index is 888. The van der Waals surface area contributed by atoms with Crippen molar-refractivity contribution in [2.45, 2.75) is 57.9 Å². The number of nitrogens with one attached hydrogen (secondary N) is 2. The van der Waals surface area contributed by atoms with Crippen molar-refractivity contribution in [3.8, 4) is 0 Å². The van der Waals surface area contributed by atoms with Crippen LogP contribution < -0.4 is 21.3 Å². The summed E-state index contributed by atoms with van der Waals surface area (Å²) in [5.74, 6) is 1.53. The van der Waals surface area contributed by atoms with Gasteiger partial charge in [0.1, 0.15) is 0 Å². The number of anilines is 5. The lowest BCUT2D eigenvalue weighted by Gasteiger charge is -2.36. The molecule has 4 N–H and O–H groups in total. The molecule has 0 bridgehead atoms. The Balaban J connectivity index is 1.32. The zero-order chi connectivity index (χ0) is 22.3. The first-order valence-electron chi connectivity index (χ1n) is 11.9. The zero-order valence-corrected chi connectivity index (χ0v) is 19.0. The van der Waals surface area contributed by atoms with Crippen LogP contribution in [0.4, 0.5) is 28.8 Å². The van der Waals surface area contributed by atoms with Crippen molar-refractivity contribution in [2.24, 2.45) is 0 Å². The lowest BCUT2D eigenvalue weighted by atomic mass is 10.2. The Hall–Kier alpha value is -3.03. The number of amides is 1. The minimum absolute atomic E-state index is 0.288. The van der Waals surface area contributed by atoms with E-state index in [-0.39, 0.29) is 5.91 Å². The van der Waals surface area contributed by atoms with Crippen LogP contribution in [-0.4, -0.2) is 53.0 Å². The van der Waals surface area contributed by atoms with Gasteiger partial charge in [-0.15, -0.1) is 0 Å². The van der Waals surface area contributed by atoms with Crippen LogP contribution in [0.5, 0.6) is 0 Å². The lowest BCUT2D eigenvalue weighted by Crippen LogP contribution is -2.48. The molecule has 8 nitrogen and oxygen atoms in total. The van der Waals surface area contributed by atoms with E-state index in [4.69, 9.17) is 5.73 Å². The molecule has 2 aliphatic rings. The minimum atomic E-state index is 0.288. The third kappa shape index (κ3) is 5.60. The summed E-state index contributed by atoms with van der Waals surface area (Å²) in [7, 11) is 0. The van der Waals surface area contributed by atoms with Gasteiger partial charge in [0.05, 0.1) is 11.9 Å². The smallest absolute Gasteiger partial charge is 0.229 e. The Kier molecular flexibility index (Phi) is 7.29. The van der Waals surface area contributed by atoms with Gasteiger partial charge in [-0.3, -0.25) is 4.79 Å². The molecule has 1 aromatic heterocycles. The Morgan fingerprint density at radius 3 is 2.53 bits per heavy atom. The van der Waals surface area contributed by atoms with Crippen molar-refractivity contribution in [3.05, 3.63) is 30.5 Å². The largest absolute Gasteiger partial charge is 0.394 e. The van der Waals surface area contributed by atoms with Crippen LogP contribution in [0.3, 0.4) is 0 Å². The second-order valence-electron chi connectivity index (χ2n) is 8.77. The van der Waals surface area contributed by atoms with Gasteiger partial charge in [-0.2, -0.15) is 4.98 Å². The second kappa shape index (κ2) is 10.5. The van der Waals surface area contributed by atoms with Gasteiger partial charge in [0.2, 0.25) is 11.9 Å². The molecule has 2 heterocycles. The molecule has 0 atom stereocenters. The van der Waals surface area contributed by atoms with Gasteiger partial charge in [0.25, 0.3) is 0 Å². The quantitative estimate of drug-likeness (QED) is 0.574. The zero-order valence-electron chi connectivity index (χ0n) is 19.0. The van der Waals surface area contributed by atoms with E-state index in [1.54, 1.807) is 6.20 Å². The first-order valence-corrected chi connectivity index (χ1v) is 11.9. The molecule has 1 saturated carbocycles. The van der Waals surface area contributed by atoms with Crippen molar-refractivity contribution in [1.82, 2.24) is 14.9 Å². The van der Waals surface area contributed by atoms with Crippen LogP contribution in [0.25, 0.3) is 0 Å². The van der Waals surface area contributed by atoms with Crippen LogP contribution in [-0.2, 0) is 4.79 Å². The van der Waals surface area contributed by atoms with Crippen LogP contribution in [0.2, 0.25) is 0 Å². The SMILES string of the molecule is CCCCC(=O)N1CCN(c2ccc(Nc3ncc(N)c(NC4CCCC4)n3)cc2)CC1. The monoisotopic (exact) mass is 437 g/mol. The standard InChI is InChI=1S/C24H35N7O/c1-2-3-8-22(32)31-15-13-30(14-16-31)20-11-9-19(10-12-20)28-24-26-17-21(25)23(29-24)27-18-6-4-5-7-18/h9-12,17-18H,2-8,13-16,25H2,1H3,(H2,26,27,28,29). The number of rotatable bonds is 8. The van der Waals surface area contributed by atoms with E-state index in [9.17, 15) is 4.79 Å². The number of piperazine rings is 1. The second-order valence-corrected chi connectivity index (χ2v) is 8.77. The molecule has 0 unspecified atom stereocenters. The highest BCUT2D eigenvalue weighted by Gasteiger charge is 2.21. The first kappa shape index (κ1) is 22.2. The van der Waals surface area contributed by atoms with Crippen LogP contribution in [0.15, 0.2) is 30.5 Å². The molecule has 2 aromatic rings. The lowest BCUT2D eigenvalue weighted by molar-refractivity contribution is -0.131. The van der Waals surface area contributed by atoms with Gasteiger partial charge in [-0.05, 0) is 43.5 Å². The number of nitrogen functional groups attached to an aromatic ring is 1. The van der Waals surface area contributed by atoms with Crippen molar-refractivity contribution < 1.29 is 4.79 Å². The maximum Gasteiger partial charge on any atom is 0.229 e. The number of hydrogen-bond acceptors (Lipinski definition) is 7. The highest BCUT2D eigenvalue weighted by atomic mass is 16.2. The van der Waals surface area contributed by atoms with E-state index in [2.05, 4.69) is 44.6 Å². The van der Waals surface area contributed by atoms with Gasteiger partial charge < -0.3 is 26.2 Å². The number of carbonyl (C=O) groups excluding carboxylic acids is 1. The third-order valence-corrected chi connectivity index (χ3v) is 6.38. The molecular weight excluding hydrogens is 402 g/mol. The topological polar surface area (TPSA) is 99.4 Å². The van der Waals surface area contributed by atoms with E-state index in [0.29, 0.717) is 29.9 Å². The molecule has 1 aliphatic heterocycles. The molecule has 172 valence electrons. The Labute approximate surface area is 190 Å². The van der Waals surface area contributed by atoms with Gasteiger partial charge in [0.15, 0.2) is 5.82 Å².